The Kier molecular flexibility index (Phi) is 9.05. The van der Waals surface area contributed by atoms with Crippen LogP contribution in [0.4, 0.5) is 34.1 Å². The molecule has 0 radical (unpaired) electrons. The van der Waals surface area contributed by atoms with E-state index in [9.17, 15) is 0 Å². The van der Waals surface area contributed by atoms with Gasteiger partial charge in [0, 0.05) is 50.7 Å². The summed E-state index contributed by atoms with van der Waals surface area (Å²) < 4.78 is 12.4. The molecule has 0 saturated heterocycles. The van der Waals surface area contributed by atoms with Crippen LogP contribution in [0, 0.1) is 0 Å². The van der Waals surface area contributed by atoms with Gasteiger partial charge in [-0.15, -0.1) is 0 Å². The first kappa shape index (κ1) is 38.2. The molecule has 310 valence electrons. The normalized spacial score (nSPS) is 12.6. The van der Waals surface area contributed by atoms with Crippen LogP contribution >= 0.6 is 0 Å². The summed E-state index contributed by atoms with van der Waals surface area (Å²) in [5.74, 6) is 1.21. The smallest absolute Gasteiger partial charge is 0.227 e. The Morgan fingerprint density at radius 2 is 0.754 bits per heavy atom. The third-order valence-corrected chi connectivity index (χ3v) is 12.7. The van der Waals surface area contributed by atoms with Gasteiger partial charge in [-0.3, -0.25) is 0 Å². The van der Waals surface area contributed by atoms with E-state index in [1.54, 1.807) is 0 Å². The Hall–Kier alpha value is -8.48. The second-order valence-electron chi connectivity index (χ2n) is 17.1. The maximum atomic E-state index is 6.21. The molecule has 0 aliphatic heterocycles. The Labute approximate surface area is 377 Å². The fourth-order valence-electron chi connectivity index (χ4n) is 9.44. The van der Waals surface area contributed by atoms with Crippen molar-refractivity contribution in [3.63, 3.8) is 0 Å². The summed E-state index contributed by atoms with van der Waals surface area (Å²) in [6.07, 6.45) is 0. The average Bonchev–Trinajstić information content (AvgIpc) is 4.06. The van der Waals surface area contributed by atoms with E-state index in [0.717, 1.165) is 73.0 Å². The van der Waals surface area contributed by atoms with Crippen LogP contribution in [0.3, 0.4) is 0 Å². The fraction of sp³-hybridized carbons (Fsp3) is 0.0508. The SMILES string of the molecule is CC1(C)c2cc(-c3ccc(N(c4ccccc4)c4cccc(-c5nc6ccccc6o5)c4)cc3)ccc2-c2ccc(N(c3ccccc3)c3cccc(-c4nc5ccccc5o4)c3)cc21. The summed E-state index contributed by atoms with van der Waals surface area (Å²) in [5, 5.41) is 0. The van der Waals surface area contributed by atoms with E-state index in [0.29, 0.717) is 11.8 Å². The van der Waals surface area contributed by atoms with Crippen molar-refractivity contribution in [3.8, 4) is 45.2 Å². The van der Waals surface area contributed by atoms with Gasteiger partial charge in [0.25, 0.3) is 0 Å². The van der Waals surface area contributed by atoms with Crippen LogP contribution in [0.5, 0.6) is 0 Å². The lowest BCUT2D eigenvalue weighted by Gasteiger charge is -2.28. The van der Waals surface area contributed by atoms with Gasteiger partial charge in [-0.25, -0.2) is 9.97 Å². The standard InChI is InChI=1S/C59H42N4O2/c1-59(2)51-37-40(39-27-30-45(31-28-39)62(43-17-5-3-6-18-43)46-21-13-15-41(35-46)57-60-53-23-9-11-25-55(53)64-57)29-33-49(51)50-34-32-48(38-52(50)59)63(44-19-7-4-8-20-44)47-22-14-16-42(36-47)58-61-54-24-10-12-26-56(54)65-58/h3-38H,1-2H3. The molecule has 11 aromatic rings. The Morgan fingerprint density at radius 3 is 1.31 bits per heavy atom. The fourth-order valence-corrected chi connectivity index (χ4v) is 9.44. The molecule has 9 aromatic carbocycles. The number of hydrogen-bond acceptors (Lipinski definition) is 6. The average molecular weight is 839 g/mol. The summed E-state index contributed by atoms with van der Waals surface area (Å²) in [4.78, 5) is 14.2. The predicted octanol–water partition coefficient (Wildman–Crippen LogP) is 16.2. The highest BCUT2D eigenvalue weighted by atomic mass is 16.4. The van der Waals surface area contributed by atoms with Gasteiger partial charge in [-0.2, -0.15) is 0 Å². The summed E-state index contributed by atoms with van der Waals surface area (Å²) in [7, 11) is 0. The van der Waals surface area contributed by atoms with Gasteiger partial charge < -0.3 is 18.6 Å². The van der Waals surface area contributed by atoms with Crippen molar-refractivity contribution in [2.75, 3.05) is 9.80 Å². The second kappa shape index (κ2) is 15.4. The van der Waals surface area contributed by atoms with Crippen LogP contribution in [0.15, 0.2) is 227 Å². The third-order valence-electron chi connectivity index (χ3n) is 12.7. The molecule has 1 aliphatic rings. The Balaban J connectivity index is 0.869. The first-order chi connectivity index (χ1) is 31.9. The molecule has 0 unspecified atom stereocenters. The topological polar surface area (TPSA) is 58.5 Å². The van der Waals surface area contributed by atoms with Gasteiger partial charge in [-0.1, -0.05) is 117 Å². The minimum atomic E-state index is -0.247. The Morgan fingerprint density at radius 1 is 0.338 bits per heavy atom. The number of benzene rings is 9. The lowest BCUT2D eigenvalue weighted by Crippen LogP contribution is -2.16. The van der Waals surface area contributed by atoms with Gasteiger partial charge in [0.2, 0.25) is 11.8 Å². The van der Waals surface area contributed by atoms with Crippen molar-refractivity contribution in [1.82, 2.24) is 9.97 Å². The first-order valence-electron chi connectivity index (χ1n) is 22.0. The quantitative estimate of drug-likeness (QED) is 0.144. The van der Waals surface area contributed by atoms with Crippen molar-refractivity contribution in [1.29, 1.82) is 0 Å². The molecular weight excluding hydrogens is 797 g/mol. The lowest BCUT2D eigenvalue weighted by atomic mass is 9.81. The summed E-state index contributed by atoms with van der Waals surface area (Å²) >= 11 is 0. The molecule has 2 heterocycles. The van der Waals surface area contributed by atoms with Gasteiger partial charge in [0.15, 0.2) is 11.2 Å². The minimum Gasteiger partial charge on any atom is -0.436 e. The molecule has 12 rings (SSSR count). The zero-order valence-corrected chi connectivity index (χ0v) is 35.9. The van der Waals surface area contributed by atoms with Crippen LogP contribution in [0.25, 0.3) is 67.4 Å². The molecule has 65 heavy (non-hydrogen) atoms. The highest BCUT2D eigenvalue weighted by Crippen LogP contribution is 2.52. The number of hydrogen-bond donors (Lipinski definition) is 0. The molecule has 6 heteroatoms. The van der Waals surface area contributed by atoms with Crippen LogP contribution in [0.2, 0.25) is 0 Å². The zero-order chi connectivity index (χ0) is 43.5. The van der Waals surface area contributed by atoms with Gasteiger partial charge >= 0.3 is 0 Å². The second-order valence-corrected chi connectivity index (χ2v) is 17.1. The monoisotopic (exact) mass is 838 g/mol. The molecule has 6 nitrogen and oxygen atoms in total. The van der Waals surface area contributed by atoms with E-state index in [1.165, 1.54) is 27.8 Å². The van der Waals surface area contributed by atoms with E-state index in [4.69, 9.17) is 18.8 Å². The number of anilines is 6. The van der Waals surface area contributed by atoms with Crippen LogP contribution in [0.1, 0.15) is 25.0 Å². The van der Waals surface area contributed by atoms with E-state index in [1.807, 2.05) is 54.6 Å². The molecule has 2 aromatic heterocycles. The summed E-state index contributed by atoms with van der Waals surface area (Å²) in [6, 6.07) is 76.4. The lowest BCUT2D eigenvalue weighted by molar-refractivity contribution is 0.619. The number of rotatable bonds is 9. The summed E-state index contributed by atoms with van der Waals surface area (Å²) in [5.41, 5.74) is 18.7. The largest absolute Gasteiger partial charge is 0.436 e. The van der Waals surface area contributed by atoms with Crippen LogP contribution in [-0.4, -0.2) is 9.97 Å². The van der Waals surface area contributed by atoms with Crippen molar-refractivity contribution in [2.45, 2.75) is 19.3 Å². The molecule has 0 bridgehead atoms. The highest BCUT2D eigenvalue weighted by molar-refractivity contribution is 5.89. The molecule has 0 N–H and O–H groups in total. The summed E-state index contributed by atoms with van der Waals surface area (Å²) in [6.45, 7) is 4.70. The van der Waals surface area contributed by atoms with Gasteiger partial charge in [0.05, 0.1) is 0 Å². The molecule has 0 fully saturated rings. The van der Waals surface area contributed by atoms with Crippen LogP contribution in [-0.2, 0) is 5.41 Å². The van der Waals surface area contributed by atoms with Gasteiger partial charge in [-0.05, 0) is 149 Å². The number of aromatic nitrogens is 2. The molecule has 0 atom stereocenters. The van der Waals surface area contributed by atoms with E-state index in [2.05, 4.69) is 187 Å². The highest BCUT2D eigenvalue weighted by Gasteiger charge is 2.36. The van der Waals surface area contributed by atoms with Gasteiger partial charge in [0.1, 0.15) is 11.0 Å². The maximum absolute atomic E-state index is 6.21. The number of nitrogens with zero attached hydrogens (tertiary/aromatic N) is 4. The van der Waals surface area contributed by atoms with Crippen molar-refractivity contribution in [2.24, 2.45) is 0 Å². The zero-order valence-electron chi connectivity index (χ0n) is 35.9. The molecule has 0 amide bonds. The van der Waals surface area contributed by atoms with E-state index >= 15 is 0 Å². The number of oxazole rings is 2. The maximum Gasteiger partial charge on any atom is 0.227 e. The van der Waals surface area contributed by atoms with Crippen LogP contribution < -0.4 is 9.80 Å². The third kappa shape index (κ3) is 6.75. The number of fused-ring (bicyclic) bond motifs is 5. The molecule has 0 spiro atoms. The predicted molar refractivity (Wildman–Crippen MR) is 265 cm³/mol. The molecular formula is C59H42N4O2. The van der Waals surface area contributed by atoms with Crippen molar-refractivity contribution < 1.29 is 8.83 Å². The van der Waals surface area contributed by atoms with E-state index in [-0.39, 0.29) is 5.41 Å². The minimum absolute atomic E-state index is 0.247. The molecule has 1 aliphatic carbocycles. The number of para-hydroxylation sites is 6. The molecule has 0 saturated carbocycles. The van der Waals surface area contributed by atoms with Crippen molar-refractivity contribution in [3.05, 3.63) is 230 Å². The van der Waals surface area contributed by atoms with Crippen molar-refractivity contribution >= 4 is 56.3 Å². The first-order valence-corrected chi connectivity index (χ1v) is 22.0. The van der Waals surface area contributed by atoms with E-state index < -0.39 is 0 Å². The Bertz CT molecular complexity index is 3470.